The van der Waals surface area contributed by atoms with Crippen LogP contribution in [0.2, 0.25) is 5.02 Å². The van der Waals surface area contributed by atoms with Crippen LogP contribution in [-0.2, 0) is 6.54 Å². The second-order valence-electron chi connectivity index (χ2n) is 11.3. The van der Waals surface area contributed by atoms with E-state index in [2.05, 4.69) is 61.1 Å². The Morgan fingerprint density at radius 1 is 0.711 bits per heavy atom. The summed E-state index contributed by atoms with van der Waals surface area (Å²) >= 11 is 6.08. The number of aryl methyl sites for hydroxylation is 1. The number of hydrogen-bond donors (Lipinski definition) is 0. The second kappa shape index (κ2) is 18.0. The maximum atomic E-state index is 6.47. The maximum Gasteiger partial charge on any atom is 0.150 e. The van der Waals surface area contributed by atoms with Gasteiger partial charge in [0.1, 0.15) is 28.6 Å². The van der Waals surface area contributed by atoms with Crippen LogP contribution in [0.15, 0.2) is 60.7 Å². The molecular formula is C37H51ClN4O3. The second-order valence-corrected chi connectivity index (χ2v) is 11.7. The minimum absolute atomic E-state index is 0.624. The van der Waals surface area contributed by atoms with Crippen LogP contribution < -0.4 is 14.2 Å². The van der Waals surface area contributed by atoms with E-state index in [1.165, 1.54) is 0 Å². The van der Waals surface area contributed by atoms with Gasteiger partial charge in [-0.1, -0.05) is 64.8 Å². The molecule has 0 saturated heterocycles. The molecule has 4 rings (SSSR count). The van der Waals surface area contributed by atoms with Gasteiger partial charge in [0.2, 0.25) is 0 Å². The SMILES string of the molecule is CCCCn1c(-c2cccc(Oc3ccc(Cl)cc3)c2)nc2c(OCCCN(CC)CC)cc(OCCCN(CC)CC)cc21. The third-order valence-corrected chi connectivity index (χ3v) is 8.47. The van der Waals surface area contributed by atoms with Gasteiger partial charge in [-0.15, -0.1) is 0 Å². The topological polar surface area (TPSA) is 52.0 Å². The van der Waals surface area contributed by atoms with Gasteiger partial charge in [-0.3, -0.25) is 0 Å². The summed E-state index contributed by atoms with van der Waals surface area (Å²) in [4.78, 5) is 10.1. The van der Waals surface area contributed by atoms with Crippen molar-refractivity contribution in [2.45, 2.75) is 66.8 Å². The highest BCUT2D eigenvalue weighted by Gasteiger charge is 2.19. The number of fused-ring (bicyclic) bond motifs is 1. The molecule has 0 fully saturated rings. The number of imidazole rings is 1. The first kappa shape index (κ1) is 34.6. The van der Waals surface area contributed by atoms with Crippen LogP contribution in [0.25, 0.3) is 22.4 Å². The molecule has 0 radical (unpaired) electrons. The summed E-state index contributed by atoms with van der Waals surface area (Å²) in [5.41, 5.74) is 2.88. The number of rotatable bonds is 20. The van der Waals surface area contributed by atoms with Gasteiger partial charge in [0, 0.05) is 42.4 Å². The molecule has 0 amide bonds. The smallest absolute Gasteiger partial charge is 0.150 e. The number of hydrogen-bond acceptors (Lipinski definition) is 6. The average Bonchev–Trinajstić information content (AvgIpc) is 3.43. The summed E-state index contributed by atoms with van der Waals surface area (Å²) < 4.78 is 21.3. The minimum atomic E-state index is 0.624. The Morgan fingerprint density at radius 3 is 2.02 bits per heavy atom. The molecule has 8 heteroatoms. The van der Waals surface area contributed by atoms with E-state index >= 15 is 0 Å². The first-order valence-corrected chi connectivity index (χ1v) is 17.2. The highest BCUT2D eigenvalue weighted by atomic mass is 35.5. The van der Waals surface area contributed by atoms with E-state index in [9.17, 15) is 0 Å². The molecule has 0 aliphatic rings. The van der Waals surface area contributed by atoms with E-state index < -0.39 is 0 Å². The molecule has 3 aromatic carbocycles. The Bertz CT molecular complexity index is 1450. The highest BCUT2D eigenvalue weighted by molar-refractivity contribution is 6.30. The van der Waals surface area contributed by atoms with E-state index in [4.69, 9.17) is 30.8 Å². The van der Waals surface area contributed by atoms with Crippen LogP contribution in [0.5, 0.6) is 23.0 Å². The van der Waals surface area contributed by atoms with Gasteiger partial charge in [-0.2, -0.15) is 0 Å². The quantitative estimate of drug-likeness (QED) is 0.0904. The zero-order chi connectivity index (χ0) is 32.0. The Morgan fingerprint density at radius 2 is 1.38 bits per heavy atom. The molecule has 1 heterocycles. The summed E-state index contributed by atoms with van der Waals surface area (Å²) in [6.45, 7) is 19.4. The lowest BCUT2D eigenvalue weighted by Crippen LogP contribution is -2.25. The van der Waals surface area contributed by atoms with Crippen LogP contribution in [0.1, 0.15) is 60.3 Å². The molecule has 0 N–H and O–H groups in total. The molecule has 0 spiro atoms. The van der Waals surface area contributed by atoms with E-state index in [0.717, 1.165) is 117 Å². The zero-order valence-electron chi connectivity index (χ0n) is 27.9. The van der Waals surface area contributed by atoms with Crippen molar-refractivity contribution in [1.82, 2.24) is 19.4 Å². The van der Waals surface area contributed by atoms with Crippen LogP contribution in [0.3, 0.4) is 0 Å². The standard InChI is InChI=1S/C37H51ClN4O3/c1-6-11-23-42-34-27-33(43-24-13-21-40(7-2)8-3)28-35(44-25-14-22-41(9-4)10-5)36(34)39-37(42)29-15-12-16-32(26-29)45-31-19-17-30(38)18-20-31/h12,15-20,26-28H,6-11,13-14,21-25H2,1-5H3. The van der Waals surface area contributed by atoms with E-state index in [1.54, 1.807) is 0 Å². The summed E-state index contributed by atoms with van der Waals surface area (Å²) in [5, 5.41) is 0.680. The Hall–Kier alpha value is -3.26. The monoisotopic (exact) mass is 634 g/mol. The molecule has 45 heavy (non-hydrogen) atoms. The average molecular weight is 635 g/mol. The van der Waals surface area contributed by atoms with Crippen LogP contribution in [0, 0.1) is 0 Å². The molecule has 244 valence electrons. The summed E-state index contributed by atoms with van der Waals surface area (Å²) in [6.07, 6.45) is 4.04. The molecule has 4 aromatic rings. The zero-order valence-corrected chi connectivity index (χ0v) is 28.6. The van der Waals surface area contributed by atoms with Crippen LogP contribution in [0.4, 0.5) is 0 Å². The van der Waals surface area contributed by atoms with Crippen LogP contribution in [-0.4, -0.2) is 71.8 Å². The third-order valence-electron chi connectivity index (χ3n) is 8.22. The van der Waals surface area contributed by atoms with Crippen molar-refractivity contribution in [3.05, 3.63) is 65.7 Å². The van der Waals surface area contributed by atoms with Crippen molar-refractivity contribution in [3.8, 4) is 34.4 Å². The van der Waals surface area contributed by atoms with Gasteiger partial charge < -0.3 is 28.6 Å². The first-order valence-electron chi connectivity index (χ1n) is 16.8. The lowest BCUT2D eigenvalue weighted by atomic mass is 10.2. The summed E-state index contributed by atoms with van der Waals surface area (Å²) in [6, 6.07) is 19.7. The van der Waals surface area contributed by atoms with Crippen LogP contribution >= 0.6 is 11.6 Å². The Labute approximate surface area is 275 Å². The van der Waals surface area contributed by atoms with Crippen molar-refractivity contribution in [2.75, 3.05) is 52.5 Å². The van der Waals surface area contributed by atoms with Gasteiger partial charge in [-0.05, 0) is 81.8 Å². The van der Waals surface area contributed by atoms with Crippen molar-refractivity contribution < 1.29 is 14.2 Å². The highest BCUT2D eigenvalue weighted by Crippen LogP contribution is 2.36. The lowest BCUT2D eigenvalue weighted by molar-refractivity contribution is 0.243. The minimum Gasteiger partial charge on any atom is -0.493 e. The predicted octanol–water partition coefficient (Wildman–Crippen LogP) is 9.17. The van der Waals surface area contributed by atoms with Crippen molar-refractivity contribution in [1.29, 1.82) is 0 Å². The molecule has 0 bridgehead atoms. The Kier molecular flexibility index (Phi) is 13.9. The largest absolute Gasteiger partial charge is 0.493 e. The van der Waals surface area contributed by atoms with Gasteiger partial charge in [0.15, 0.2) is 5.75 Å². The lowest BCUT2D eigenvalue weighted by Gasteiger charge is -2.18. The van der Waals surface area contributed by atoms with E-state index in [-0.39, 0.29) is 0 Å². The third kappa shape index (κ3) is 9.86. The molecule has 1 aromatic heterocycles. The molecule has 0 aliphatic carbocycles. The summed E-state index contributed by atoms with van der Waals surface area (Å²) in [7, 11) is 0. The number of halogens is 1. The van der Waals surface area contributed by atoms with Crippen molar-refractivity contribution >= 4 is 22.6 Å². The number of aromatic nitrogens is 2. The molecular weight excluding hydrogens is 584 g/mol. The number of nitrogens with zero attached hydrogens (tertiary/aromatic N) is 4. The van der Waals surface area contributed by atoms with Gasteiger partial charge in [-0.25, -0.2) is 4.98 Å². The fraction of sp³-hybridized carbons (Fsp3) is 0.486. The fourth-order valence-corrected chi connectivity index (χ4v) is 5.61. The van der Waals surface area contributed by atoms with Gasteiger partial charge in [0.05, 0.1) is 18.7 Å². The number of unbranched alkanes of at least 4 members (excludes halogenated alkanes) is 1. The van der Waals surface area contributed by atoms with Gasteiger partial charge >= 0.3 is 0 Å². The van der Waals surface area contributed by atoms with E-state index in [0.29, 0.717) is 18.2 Å². The first-order chi connectivity index (χ1) is 22.0. The molecule has 0 saturated carbocycles. The molecule has 7 nitrogen and oxygen atoms in total. The van der Waals surface area contributed by atoms with Crippen molar-refractivity contribution in [3.63, 3.8) is 0 Å². The Balaban J connectivity index is 1.67. The number of benzene rings is 3. The van der Waals surface area contributed by atoms with Gasteiger partial charge in [0.25, 0.3) is 0 Å². The number of ether oxygens (including phenoxy) is 3. The summed E-state index contributed by atoms with van der Waals surface area (Å²) in [5.74, 6) is 3.97. The normalized spacial score (nSPS) is 11.6. The predicted molar refractivity (Wildman–Crippen MR) is 187 cm³/mol. The van der Waals surface area contributed by atoms with E-state index in [1.807, 2.05) is 48.5 Å². The molecule has 0 aliphatic heterocycles. The molecule has 0 unspecified atom stereocenters. The molecule has 0 atom stereocenters. The fourth-order valence-electron chi connectivity index (χ4n) is 5.49. The van der Waals surface area contributed by atoms with Crippen molar-refractivity contribution in [2.24, 2.45) is 0 Å². The maximum absolute atomic E-state index is 6.47.